The standard InChI is InChI=1S/C22H22O5/c1-13(2)15-8-5-14(6-9-15)7-10-17(23)18-19(24)22(26-4)21-16(11-12-27-21)20(18)25-3/h5-13,24H,1-4H3. The first-order valence-electron chi connectivity index (χ1n) is 8.64. The Kier molecular flexibility index (Phi) is 5.21. The largest absolute Gasteiger partial charge is 0.504 e. The third-order valence-electron chi connectivity index (χ3n) is 4.48. The molecule has 0 amide bonds. The molecule has 1 heterocycles. The molecule has 27 heavy (non-hydrogen) atoms. The van der Waals surface area contributed by atoms with Gasteiger partial charge in [-0.25, -0.2) is 0 Å². The van der Waals surface area contributed by atoms with Gasteiger partial charge < -0.3 is 19.0 Å². The van der Waals surface area contributed by atoms with Crippen LogP contribution in [0.1, 0.15) is 41.3 Å². The molecular weight excluding hydrogens is 344 g/mol. The van der Waals surface area contributed by atoms with Crippen molar-refractivity contribution in [2.75, 3.05) is 14.2 Å². The van der Waals surface area contributed by atoms with Gasteiger partial charge in [-0.15, -0.1) is 0 Å². The Morgan fingerprint density at radius 1 is 1.07 bits per heavy atom. The van der Waals surface area contributed by atoms with Crippen LogP contribution in [-0.2, 0) is 0 Å². The molecule has 0 spiro atoms. The zero-order valence-corrected chi connectivity index (χ0v) is 15.8. The third kappa shape index (κ3) is 3.40. The third-order valence-corrected chi connectivity index (χ3v) is 4.48. The summed E-state index contributed by atoms with van der Waals surface area (Å²) in [4.78, 5) is 12.8. The van der Waals surface area contributed by atoms with Crippen LogP contribution in [0.15, 0.2) is 47.1 Å². The molecule has 140 valence electrons. The summed E-state index contributed by atoms with van der Waals surface area (Å²) in [5.74, 6) is 0.107. The summed E-state index contributed by atoms with van der Waals surface area (Å²) in [5.41, 5.74) is 2.49. The van der Waals surface area contributed by atoms with Crippen LogP contribution in [0.25, 0.3) is 17.0 Å². The van der Waals surface area contributed by atoms with E-state index in [2.05, 4.69) is 13.8 Å². The van der Waals surface area contributed by atoms with E-state index >= 15 is 0 Å². The number of methoxy groups -OCH3 is 2. The Morgan fingerprint density at radius 2 is 1.74 bits per heavy atom. The van der Waals surface area contributed by atoms with E-state index in [9.17, 15) is 9.90 Å². The van der Waals surface area contributed by atoms with Crippen LogP contribution in [0, 0.1) is 0 Å². The number of aromatic hydroxyl groups is 1. The molecule has 2 aromatic carbocycles. The van der Waals surface area contributed by atoms with E-state index in [-0.39, 0.29) is 22.8 Å². The molecule has 3 aromatic rings. The summed E-state index contributed by atoms with van der Waals surface area (Å²) < 4.78 is 16.0. The van der Waals surface area contributed by atoms with Crippen molar-refractivity contribution < 1.29 is 23.8 Å². The predicted molar refractivity (Wildman–Crippen MR) is 105 cm³/mol. The summed E-state index contributed by atoms with van der Waals surface area (Å²) in [7, 11) is 2.85. The number of ketones is 1. The highest BCUT2D eigenvalue weighted by atomic mass is 16.5. The zero-order valence-electron chi connectivity index (χ0n) is 15.8. The number of ether oxygens (including phenoxy) is 2. The summed E-state index contributed by atoms with van der Waals surface area (Å²) in [6, 6.07) is 9.65. The van der Waals surface area contributed by atoms with Crippen molar-refractivity contribution in [3.8, 4) is 17.2 Å². The zero-order chi connectivity index (χ0) is 19.6. The van der Waals surface area contributed by atoms with Gasteiger partial charge in [0.05, 0.1) is 25.9 Å². The average molecular weight is 366 g/mol. The highest BCUT2D eigenvalue weighted by Crippen LogP contribution is 2.45. The number of benzene rings is 2. The molecule has 0 bridgehead atoms. The maximum Gasteiger partial charge on any atom is 0.205 e. The first-order chi connectivity index (χ1) is 13.0. The second-order valence-corrected chi connectivity index (χ2v) is 6.47. The van der Waals surface area contributed by atoms with E-state index in [1.807, 2.05) is 24.3 Å². The number of allylic oxidation sites excluding steroid dienone is 1. The van der Waals surface area contributed by atoms with Gasteiger partial charge in [0.15, 0.2) is 17.1 Å². The van der Waals surface area contributed by atoms with E-state index < -0.39 is 5.78 Å². The Labute approximate surface area is 157 Å². The lowest BCUT2D eigenvalue weighted by Gasteiger charge is -2.13. The second kappa shape index (κ2) is 7.58. The SMILES string of the molecule is COc1c(C(=O)C=Cc2ccc(C(C)C)cc2)c(O)c(OC)c2occc12. The molecule has 0 saturated heterocycles. The minimum Gasteiger partial charge on any atom is -0.504 e. The molecule has 0 atom stereocenters. The topological polar surface area (TPSA) is 68.9 Å². The Morgan fingerprint density at radius 3 is 2.33 bits per heavy atom. The van der Waals surface area contributed by atoms with Gasteiger partial charge >= 0.3 is 0 Å². The Balaban J connectivity index is 2.01. The van der Waals surface area contributed by atoms with Crippen molar-refractivity contribution in [1.29, 1.82) is 0 Å². The Bertz CT molecular complexity index is 994. The van der Waals surface area contributed by atoms with Gasteiger partial charge in [-0.3, -0.25) is 4.79 Å². The molecule has 0 radical (unpaired) electrons. The fraction of sp³-hybridized carbons (Fsp3) is 0.227. The first-order valence-corrected chi connectivity index (χ1v) is 8.64. The minimum absolute atomic E-state index is 0.0401. The molecule has 3 rings (SSSR count). The molecule has 0 aliphatic rings. The van der Waals surface area contributed by atoms with Gasteiger partial charge in [-0.1, -0.05) is 44.2 Å². The number of fused-ring (bicyclic) bond motifs is 1. The van der Waals surface area contributed by atoms with Crippen LogP contribution in [0.2, 0.25) is 0 Å². The van der Waals surface area contributed by atoms with E-state index in [0.717, 1.165) is 5.56 Å². The van der Waals surface area contributed by atoms with E-state index in [1.54, 1.807) is 12.1 Å². The van der Waals surface area contributed by atoms with Gasteiger partial charge in [0.2, 0.25) is 5.75 Å². The van der Waals surface area contributed by atoms with Crippen LogP contribution in [0.3, 0.4) is 0 Å². The number of phenolic OH excluding ortho intramolecular Hbond substituents is 1. The van der Waals surface area contributed by atoms with Crippen molar-refractivity contribution in [2.45, 2.75) is 19.8 Å². The lowest BCUT2D eigenvalue weighted by molar-refractivity contribution is 0.104. The maximum atomic E-state index is 12.8. The molecule has 5 heteroatoms. The van der Waals surface area contributed by atoms with Crippen molar-refractivity contribution in [3.05, 3.63) is 59.4 Å². The second-order valence-electron chi connectivity index (χ2n) is 6.47. The van der Waals surface area contributed by atoms with Gasteiger partial charge in [0, 0.05) is 0 Å². The number of phenols is 1. The maximum absolute atomic E-state index is 12.8. The lowest BCUT2D eigenvalue weighted by Crippen LogP contribution is -2.02. The summed E-state index contributed by atoms with van der Waals surface area (Å²) in [6.07, 6.45) is 4.57. The quantitative estimate of drug-likeness (QED) is 0.481. The van der Waals surface area contributed by atoms with Crippen LogP contribution < -0.4 is 9.47 Å². The molecular formula is C22H22O5. The van der Waals surface area contributed by atoms with E-state index in [4.69, 9.17) is 13.9 Å². The van der Waals surface area contributed by atoms with Gasteiger partial charge in [-0.2, -0.15) is 0 Å². The van der Waals surface area contributed by atoms with Crippen molar-refractivity contribution in [2.24, 2.45) is 0 Å². The fourth-order valence-electron chi connectivity index (χ4n) is 3.00. The van der Waals surface area contributed by atoms with E-state index in [0.29, 0.717) is 16.9 Å². The normalized spacial score (nSPS) is 11.4. The first kappa shape index (κ1) is 18.6. The molecule has 1 aromatic heterocycles. The number of furan rings is 1. The molecule has 5 nitrogen and oxygen atoms in total. The summed E-state index contributed by atoms with van der Waals surface area (Å²) >= 11 is 0. The number of rotatable bonds is 6. The molecule has 0 unspecified atom stereocenters. The fourth-order valence-corrected chi connectivity index (χ4v) is 3.00. The van der Waals surface area contributed by atoms with E-state index in [1.165, 1.54) is 32.1 Å². The van der Waals surface area contributed by atoms with Gasteiger partial charge in [0.1, 0.15) is 11.3 Å². The van der Waals surface area contributed by atoms with Gasteiger partial charge in [-0.05, 0) is 29.2 Å². The Hall–Kier alpha value is -3.21. The molecule has 0 fully saturated rings. The monoisotopic (exact) mass is 366 g/mol. The highest BCUT2D eigenvalue weighted by Gasteiger charge is 2.26. The summed E-state index contributed by atoms with van der Waals surface area (Å²) in [5, 5.41) is 11.1. The molecule has 1 N–H and O–H groups in total. The number of hydrogen-bond donors (Lipinski definition) is 1. The van der Waals surface area contributed by atoms with Crippen LogP contribution >= 0.6 is 0 Å². The lowest BCUT2D eigenvalue weighted by atomic mass is 10.0. The number of carbonyl (C=O) groups excluding carboxylic acids is 1. The smallest absolute Gasteiger partial charge is 0.205 e. The van der Waals surface area contributed by atoms with Crippen LogP contribution in [-0.4, -0.2) is 25.1 Å². The molecule has 0 aliphatic carbocycles. The van der Waals surface area contributed by atoms with Crippen molar-refractivity contribution in [1.82, 2.24) is 0 Å². The highest BCUT2D eigenvalue weighted by molar-refractivity contribution is 6.15. The van der Waals surface area contributed by atoms with Crippen LogP contribution in [0.5, 0.6) is 17.2 Å². The summed E-state index contributed by atoms with van der Waals surface area (Å²) in [6.45, 7) is 4.26. The molecule has 0 aliphatic heterocycles. The average Bonchev–Trinajstić information content (AvgIpc) is 3.14. The van der Waals surface area contributed by atoms with Crippen molar-refractivity contribution >= 4 is 22.8 Å². The molecule has 0 saturated carbocycles. The number of carbonyl (C=O) groups is 1. The van der Waals surface area contributed by atoms with Crippen LogP contribution in [0.4, 0.5) is 0 Å². The van der Waals surface area contributed by atoms with Crippen molar-refractivity contribution in [3.63, 3.8) is 0 Å². The number of hydrogen-bond acceptors (Lipinski definition) is 5. The van der Waals surface area contributed by atoms with Gasteiger partial charge in [0.25, 0.3) is 0 Å². The minimum atomic E-state index is -0.390. The predicted octanol–water partition coefficient (Wildman–Crippen LogP) is 5.18.